The fourth-order valence-corrected chi connectivity index (χ4v) is 2.94. The van der Waals surface area contributed by atoms with Gasteiger partial charge in [0.05, 0.1) is 6.26 Å². The van der Waals surface area contributed by atoms with Gasteiger partial charge in [0.25, 0.3) is 0 Å². The molecule has 1 fully saturated rings. The van der Waals surface area contributed by atoms with Gasteiger partial charge in [0.1, 0.15) is 0 Å². The van der Waals surface area contributed by atoms with Crippen molar-refractivity contribution in [3.05, 3.63) is 36.3 Å². The lowest BCUT2D eigenvalue weighted by molar-refractivity contribution is 0.0915. The molecule has 100 valence electrons. The van der Waals surface area contributed by atoms with E-state index in [0.717, 1.165) is 6.42 Å². The molecule has 3 N–H and O–H groups in total. The number of hydrogen-bond acceptors (Lipinski definition) is 3. The van der Waals surface area contributed by atoms with Crippen molar-refractivity contribution in [2.45, 2.75) is 18.9 Å². The molecule has 0 radical (unpaired) electrons. The van der Waals surface area contributed by atoms with Crippen LogP contribution in [-0.2, 0) is 0 Å². The maximum absolute atomic E-state index is 11.6. The monoisotopic (exact) mass is 277 g/mol. The minimum atomic E-state index is -0.345. The molecule has 1 aromatic rings. The van der Waals surface area contributed by atoms with Crippen molar-refractivity contribution >= 4 is 23.2 Å². The van der Waals surface area contributed by atoms with Gasteiger partial charge in [-0.25, -0.2) is 0 Å². The van der Waals surface area contributed by atoms with Crippen molar-refractivity contribution in [1.82, 2.24) is 16.2 Å². The summed E-state index contributed by atoms with van der Waals surface area (Å²) in [7, 11) is 0. The molecule has 5 nitrogen and oxygen atoms in total. The molecule has 2 bridgehead atoms. The second kappa shape index (κ2) is 5.05. The Labute approximate surface area is 116 Å². The summed E-state index contributed by atoms with van der Waals surface area (Å²) in [6.07, 6.45) is 8.29. The summed E-state index contributed by atoms with van der Waals surface area (Å²) in [4.78, 5) is 11.6. The van der Waals surface area contributed by atoms with E-state index in [0.29, 0.717) is 23.0 Å². The zero-order chi connectivity index (χ0) is 13.2. The molecule has 0 unspecified atom stereocenters. The number of amides is 1. The van der Waals surface area contributed by atoms with E-state index in [2.05, 4.69) is 28.3 Å². The smallest absolute Gasteiger partial charge is 0.305 e. The lowest BCUT2D eigenvalue weighted by atomic mass is 10.0. The number of hydrazine groups is 1. The van der Waals surface area contributed by atoms with Crippen molar-refractivity contribution in [3.63, 3.8) is 0 Å². The maximum atomic E-state index is 11.6. The molecule has 1 aromatic heterocycles. The van der Waals surface area contributed by atoms with Gasteiger partial charge >= 0.3 is 5.91 Å². The Morgan fingerprint density at radius 2 is 2.21 bits per heavy atom. The molecule has 1 amide bonds. The zero-order valence-electron chi connectivity index (χ0n) is 10.3. The van der Waals surface area contributed by atoms with Crippen LogP contribution in [0.4, 0.5) is 0 Å². The van der Waals surface area contributed by atoms with E-state index in [4.69, 9.17) is 16.6 Å². The first-order chi connectivity index (χ1) is 9.22. The van der Waals surface area contributed by atoms with E-state index in [1.807, 2.05) is 0 Å². The molecule has 3 atom stereocenters. The van der Waals surface area contributed by atoms with Gasteiger partial charge < -0.3 is 9.73 Å². The highest BCUT2D eigenvalue weighted by atomic mass is 32.1. The molecule has 1 heterocycles. The largest absolute Gasteiger partial charge is 0.459 e. The lowest BCUT2D eigenvalue weighted by Crippen LogP contribution is -2.50. The molecule has 19 heavy (non-hydrogen) atoms. The number of hydrogen-bond donors (Lipinski definition) is 3. The number of rotatable bonds is 2. The first kappa shape index (κ1) is 12.2. The molecule has 0 saturated heterocycles. The summed E-state index contributed by atoms with van der Waals surface area (Å²) >= 11 is 5.16. The van der Waals surface area contributed by atoms with E-state index >= 15 is 0 Å². The van der Waals surface area contributed by atoms with E-state index in [-0.39, 0.29) is 11.7 Å². The molecule has 6 heteroatoms. The fourth-order valence-electron chi connectivity index (χ4n) is 2.73. The van der Waals surface area contributed by atoms with Crippen molar-refractivity contribution in [1.29, 1.82) is 0 Å². The summed E-state index contributed by atoms with van der Waals surface area (Å²) in [5.74, 6) is 1.15. The van der Waals surface area contributed by atoms with E-state index in [9.17, 15) is 4.79 Å². The van der Waals surface area contributed by atoms with Crippen LogP contribution in [0.3, 0.4) is 0 Å². The molecule has 0 aliphatic heterocycles. The van der Waals surface area contributed by atoms with E-state index < -0.39 is 0 Å². The average Bonchev–Trinajstić information content (AvgIpc) is 3.12. The molecule has 0 aromatic carbocycles. The number of nitrogens with one attached hydrogen (secondary N) is 3. The van der Waals surface area contributed by atoms with Gasteiger partial charge in [-0.2, -0.15) is 0 Å². The van der Waals surface area contributed by atoms with Gasteiger partial charge in [-0.1, -0.05) is 12.2 Å². The highest BCUT2D eigenvalue weighted by Gasteiger charge is 2.35. The number of thiocarbonyl (C=S) groups is 1. The maximum Gasteiger partial charge on any atom is 0.305 e. The van der Waals surface area contributed by atoms with Crippen LogP contribution in [0.2, 0.25) is 0 Å². The predicted octanol–water partition coefficient (Wildman–Crippen LogP) is 1.35. The molecular weight excluding hydrogens is 262 g/mol. The fraction of sp³-hybridized carbons (Fsp3) is 0.385. The normalized spacial score (nSPS) is 27.3. The first-order valence-electron chi connectivity index (χ1n) is 6.31. The van der Waals surface area contributed by atoms with Gasteiger partial charge in [0, 0.05) is 6.04 Å². The summed E-state index contributed by atoms with van der Waals surface area (Å²) in [5, 5.41) is 3.67. The number of carbonyl (C=O) groups is 1. The third-order valence-electron chi connectivity index (χ3n) is 3.63. The summed E-state index contributed by atoms with van der Waals surface area (Å²) in [6.45, 7) is 0. The second-order valence-electron chi connectivity index (χ2n) is 4.92. The predicted molar refractivity (Wildman–Crippen MR) is 74.2 cm³/mol. The van der Waals surface area contributed by atoms with Gasteiger partial charge in [-0.15, -0.1) is 0 Å². The molecule has 2 aliphatic rings. The number of allylic oxidation sites excluding steroid dienone is 1. The Morgan fingerprint density at radius 1 is 1.32 bits per heavy atom. The third-order valence-corrected chi connectivity index (χ3v) is 3.85. The number of carbonyl (C=O) groups excluding carboxylic acids is 1. The van der Waals surface area contributed by atoms with Crippen LogP contribution in [0.25, 0.3) is 0 Å². The van der Waals surface area contributed by atoms with Gasteiger partial charge in [0.2, 0.25) is 0 Å². The standard InChI is InChI=1S/C13H15N3O2S/c17-12(11-2-1-5-18-11)15-16-13(19)14-10-7-8-3-4-9(10)6-8/h1-5,8-10H,6-7H2,(H,15,17)(H2,14,16,19)/t8-,9+,10+/m0/s1. The van der Waals surface area contributed by atoms with Gasteiger partial charge in [-0.3, -0.25) is 15.6 Å². The highest BCUT2D eigenvalue weighted by Crippen LogP contribution is 2.38. The number of fused-ring (bicyclic) bond motifs is 2. The third kappa shape index (κ3) is 2.63. The van der Waals surface area contributed by atoms with Crippen molar-refractivity contribution in [2.75, 3.05) is 0 Å². The average molecular weight is 277 g/mol. The van der Waals surface area contributed by atoms with Gasteiger partial charge in [0.15, 0.2) is 10.9 Å². The van der Waals surface area contributed by atoms with Crippen LogP contribution in [0.5, 0.6) is 0 Å². The Kier molecular flexibility index (Phi) is 3.25. The molecular formula is C13H15N3O2S. The van der Waals surface area contributed by atoms with Crippen molar-refractivity contribution < 1.29 is 9.21 Å². The summed E-state index contributed by atoms with van der Waals surface area (Å²) in [6, 6.07) is 3.62. The van der Waals surface area contributed by atoms with Crippen LogP contribution in [0.1, 0.15) is 23.4 Å². The lowest BCUT2D eigenvalue weighted by Gasteiger charge is -2.21. The molecule has 2 aliphatic carbocycles. The summed E-state index contributed by atoms with van der Waals surface area (Å²) in [5.41, 5.74) is 5.19. The van der Waals surface area contributed by atoms with Crippen LogP contribution in [0, 0.1) is 11.8 Å². The van der Waals surface area contributed by atoms with Crippen LogP contribution in [-0.4, -0.2) is 17.1 Å². The molecule has 0 spiro atoms. The minimum absolute atomic E-state index is 0.248. The minimum Gasteiger partial charge on any atom is -0.459 e. The topological polar surface area (TPSA) is 66.3 Å². The van der Waals surface area contributed by atoms with E-state index in [1.165, 1.54) is 12.7 Å². The zero-order valence-corrected chi connectivity index (χ0v) is 11.1. The Hall–Kier alpha value is -1.82. The highest BCUT2D eigenvalue weighted by molar-refractivity contribution is 7.80. The Bertz CT molecular complexity index is 512. The van der Waals surface area contributed by atoms with Crippen molar-refractivity contribution in [3.8, 4) is 0 Å². The van der Waals surface area contributed by atoms with Crippen LogP contribution in [0.15, 0.2) is 35.0 Å². The second-order valence-corrected chi connectivity index (χ2v) is 5.32. The first-order valence-corrected chi connectivity index (χ1v) is 6.72. The van der Waals surface area contributed by atoms with E-state index in [1.54, 1.807) is 12.1 Å². The van der Waals surface area contributed by atoms with Gasteiger partial charge in [-0.05, 0) is 49.0 Å². The Morgan fingerprint density at radius 3 is 2.84 bits per heavy atom. The summed E-state index contributed by atoms with van der Waals surface area (Å²) < 4.78 is 4.98. The SMILES string of the molecule is O=C(NNC(=S)N[C@@H]1C[C@H]2C=C[C@@H]1C2)c1ccco1. The van der Waals surface area contributed by atoms with Crippen LogP contribution >= 0.6 is 12.2 Å². The van der Waals surface area contributed by atoms with Crippen molar-refractivity contribution in [2.24, 2.45) is 11.8 Å². The molecule has 3 rings (SSSR count). The number of furan rings is 1. The molecule has 1 saturated carbocycles. The Balaban J connectivity index is 1.45. The quantitative estimate of drug-likeness (QED) is 0.433. The van der Waals surface area contributed by atoms with Crippen LogP contribution < -0.4 is 16.2 Å².